The fourth-order valence-corrected chi connectivity index (χ4v) is 0.856. The summed E-state index contributed by atoms with van der Waals surface area (Å²) in [6.07, 6.45) is 0.706. The molecule has 0 radical (unpaired) electrons. The first kappa shape index (κ1) is 12.1. The van der Waals surface area contributed by atoms with Crippen molar-refractivity contribution in [3.05, 3.63) is 0 Å². The van der Waals surface area contributed by atoms with Crippen molar-refractivity contribution in [2.75, 3.05) is 7.11 Å². The Labute approximate surface area is 78.4 Å². The number of carbonyl (C=O) groups is 2. The average Bonchev–Trinajstić information content (AvgIpc) is 2.11. The van der Waals surface area contributed by atoms with Crippen molar-refractivity contribution in [3.63, 3.8) is 0 Å². The average molecular weight is 187 g/mol. The van der Waals surface area contributed by atoms with Gasteiger partial charge in [-0.3, -0.25) is 9.59 Å². The minimum Gasteiger partial charge on any atom is -0.468 e. The van der Waals surface area contributed by atoms with E-state index >= 15 is 0 Å². The summed E-state index contributed by atoms with van der Waals surface area (Å²) in [5.41, 5.74) is 5.45. The lowest BCUT2D eigenvalue weighted by atomic mass is 10.0. The number of hydrogen-bond acceptors (Lipinski definition) is 4. The number of Topliss-reactive ketones (excluding diaryl/α,β-unsaturated/α-hetero) is 1. The van der Waals surface area contributed by atoms with Crippen LogP contribution in [0.25, 0.3) is 0 Å². The largest absolute Gasteiger partial charge is 0.468 e. The predicted molar refractivity (Wildman–Crippen MR) is 49.1 cm³/mol. The molecule has 0 aliphatic heterocycles. The molecule has 0 saturated heterocycles. The normalized spacial score (nSPS) is 12.7. The predicted octanol–water partition coefficient (Wildman–Crippen LogP) is 0.492. The Balaban J connectivity index is 3.76. The van der Waals surface area contributed by atoms with Crippen LogP contribution in [0.5, 0.6) is 0 Å². The summed E-state index contributed by atoms with van der Waals surface area (Å²) in [4.78, 5) is 22.0. The number of ether oxygens (including phenoxy) is 1. The van der Waals surface area contributed by atoms with Gasteiger partial charge in [-0.1, -0.05) is 13.8 Å². The smallest absolute Gasteiger partial charge is 0.322 e. The van der Waals surface area contributed by atoms with Crippen molar-refractivity contribution in [2.45, 2.75) is 32.7 Å². The Morgan fingerprint density at radius 3 is 2.31 bits per heavy atom. The number of nitrogens with two attached hydrogens (primary N) is 1. The van der Waals surface area contributed by atoms with E-state index in [1.54, 1.807) is 0 Å². The Kier molecular flexibility index (Phi) is 5.30. The minimum atomic E-state index is -0.673. The van der Waals surface area contributed by atoms with E-state index in [9.17, 15) is 9.59 Å². The number of ketones is 1. The monoisotopic (exact) mass is 187 g/mol. The molecular weight excluding hydrogens is 170 g/mol. The molecule has 0 aromatic heterocycles. The van der Waals surface area contributed by atoms with Gasteiger partial charge < -0.3 is 10.5 Å². The van der Waals surface area contributed by atoms with Crippen LogP contribution in [0.15, 0.2) is 0 Å². The molecule has 0 aliphatic rings. The molecule has 0 aromatic rings. The molecule has 76 valence electrons. The number of hydrogen-bond donors (Lipinski definition) is 1. The van der Waals surface area contributed by atoms with E-state index in [1.165, 1.54) is 7.11 Å². The van der Waals surface area contributed by atoms with Crippen LogP contribution in [-0.2, 0) is 14.3 Å². The maximum absolute atomic E-state index is 11.2. The third-order valence-corrected chi connectivity index (χ3v) is 1.85. The van der Waals surface area contributed by atoms with Crippen LogP contribution >= 0.6 is 0 Å². The molecule has 13 heavy (non-hydrogen) atoms. The van der Waals surface area contributed by atoms with E-state index in [2.05, 4.69) is 4.74 Å². The molecule has 4 nitrogen and oxygen atoms in total. The molecule has 0 saturated carbocycles. The van der Waals surface area contributed by atoms with Crippen molar-refractivity contribution < 1.29 is 14.3 Å². The molecule has 0 aliphatic carbocycles. The zero-order valence-corrected chi connectivity index (χ0v) is 8.37. The van der Waals surface area contributed by atoms with E-state index < -0.39 is 12.0 Å². The highest BCUT2D eigenvalue weighted by Crippen LogP contribution is 2.04. The molecule has 0 aromatic carbocycles. The lowest BCUT2D eigenvalue weighted by molar-refractivity contribution is -0.142. The van der Waals surface area contributed by atoms with Gasteiger partial charge in [-0.2, -0.15) is 0 Å². The third kappa shape index (κ3) is 4.62. The van der Waals surface area contributed by atoms with Crippen LogP contribution in [-0.4, -0.2) is 24.9 Å². The zero-order valence-electron chi connectivity index (χ0n) is 8.37. The van der Waals surface area contributed by atoms with Crippen molar-refractivity contribution in [1.29, 1.82) is 0 Å². The van der Waals surface area contributed by atoms with Crippen LogP contribution in [0.1, 0.15) is 26.7 Å². The zero-order chi connectivity index (χ0) is 10.4. The highest BCUT2D eigenvalue weighted by Gasteiger charge is 2.16. The van der Waals surface area contributed by atoms with Gasteiger partial charge in [0.25, 0.3) is 0 Å². The molecule has 0 spiro atoms. The second-order valence-electron chi connectivity index (χ2n) is 3.29. The molecule has 0 bridgehead atoms. The van der Waals surface area contributed by atoms with Gasteiger partial charge in [0.05, 0.1) is 7.11 Å². The van der Waals surface area contributed by atoms with Gasteiger partial charge in [-0.25, -0.2) is 0 Å². The first-order valence-electron chi connectivity index (χ1n) is 4.35. The summed E-state index contributed by atoms with van der Waals surface area (Å²) in [6.45, 7) is 3.65. The number of rotatable bonds is 5. The highest BCUT2D eigenvalue weighted by molar-refractivity contribution is 5.81. The number of methoxy groups -OCH3 is 1. The van der Waals surface area contributed by atoms with Crippen LogP contribution in [0, 0.1) is 5.92 Å². The summed E-state index contributed by atoms with van der Waals surface area (Å²) in [5, 5.41) is 0. The highest BCUT2D eigenvalue weighted by atomic mass is 16.5. The molecule has 0 fully saturated rings. The lowest BCUT2D eigenvalue weighted by Crippen LogP contribution is -2.32. The van der Waals surface area contributed by atoms with Crippen LogP contribution < -0.4 is 5.73 Å². The molecule has 0 heterocycles. The molecular formula is C9H17NO3. The molecule has 1 unspecified atom stereocenters. The molecule has 1 atom stereocenters. The quantitative estimate of drug-likeness (QED) is 0.636. The summed E-state index contributed by atoms with van der Waals surface area (Å²) in [5.74, 6) is -0.333. The fraction of sp³-hybridized carbons (Fsp3) is 0.778. The van der Waals surface area contributed by atoms with Crippen molar-refractivity contribution in [2.24, 2.45) is 11.7 Å². The standard InChI is InChI=1S/C9H17NO3/c1-6(2)8(11)5-4-7(10)9(12)13-3/h6-7H,4-5,10H2,1-3H3. The number of carbonyl (C=O) groups excluding carboxylic acids is 2. The van der Waals surface area contributed by atoms with Crippen LogP contribution in [0.3, 0.4) is 0 Å². The Hall–Kier alpha value is -0.900. The van der Waals surface area contributed by atoms with Gasteiger partial charge in [0, 0.05) is 12.3 Å². The van der Waals surface area contributed by atoms with Crippen molar-refractivity contribution in [3.8, 4) is 0 Å². The lowest BCUT2D eigenvalue weighted by Gasteiger charge is -2.09. The third-order valence-electron chi connectivity index (χ3n) is 1.85. The van der Waals surface area contributed by atoms with E-state index in [0.29, 0.717) is 12.8 Å². The van der Waals surface area contributed by atoms with Crippen molar-refractivity contribution >= 4 is 11.8 Å². The maximum Gasteiger partial charge on any atom is 0.322 e. The SMILES string of the molecule is COC(=O)C(N)CCC(=O)C(C)C. The van der Waals surface area contributed by atoms with Gasteiger partial charge in [-0.05, 0) is 6.42 Å². The van der Waals surface area contributed by atoms with E-state index in [-0.39, 0.29) is 11.7 Å². The number of esters is 1. The summed E-state index contributed by atoms with van der Waals surface area (Å²) < 4.78 is 4.43. The van der Waals surface area contributed by atoms with Gasteiger partial charge in [0.1, 0.15) is 11.8 Å². The Morgan fingerprint density at radius 1 is 1.38 bits per heavy atom. The second-order valence-corrected chi connectivity index (χ2v) is 3.29. The van der Waals surface area contributed by atoms with E-state index in [0.717, 1.165) is 0 Å². The van der Waals surface area contributed by atoms with Gasteiger partial charge in [-0.15, -0.1) is 0 Å². The fourth-order valence-electron chi connectivity index (χ4n) is 0.856. The Morgan fingerprint density at radius 2 is 1.92 bits per heavy atom. The second kappa shape index (κ2) is 5.70. The summed E-state index contributed by atoms with van der Waals surface area (Å²) >= 11 is 0. The van der Waals surface area contributed by atoms with Gasteiger partial charge in [0.15, 0.2) is 0 Å². The molecule has 2 N–H and O–H groups in total. The maximum atomic E-state index is 11.2. The minimum absolute atomic E-state index is 0.00449. The van der Waals surface area contributed by atoms with E-state index in [1.807, 2.05) is 13.8 Å². The first-order chi connectivity index (χ1) is 5.99. The van der Waals surface area contributed by atoms with Gasteiger partial charge in [0.2, 0.25) is 0 Å². The van der Waals surface area contributed by atoms with Crippen LogP contribution in [0.2, 0.25) is 0 Å². The molecule has 0 amide bonds. The van der Waals surface area contributed by atoms with Crippen molar-refractivity contribution in [1.82, 2.24) is 0 Å². The summed E-state index contributed by atoms with van der Waals surface area (Å²) in [7, 11) is 1.28. The topological polar surface area (TPSA) is 69.4 Å². The molecule has 0 rings (SSSR count). The van der Waals surface area contributed by atoms with E-state index in [4.69, 9.17) is 5.73 Å². The Bertz CT molecular complexity index is 189. The van der Waals surface area contributed by atoms with Gasteiger partial charge >= 0.3 is 5.97 Å². The summed E-state index contributed by atoms with van der Waals surface area (Å²) in [6, 6.07) is -0.673. The first-order valence-corrected chi connectivity index (χ1v) is 4.35. The molecule has 4 heteroatoms. The van der Waals surface area contributed by atoms with Crippen LogP contribution in [0.4, 0.5) is 0 Å².